The molecule has 0 N–H and O–H groups in total. The summed E-state index contributed by atoms with van der Waals surface area (Å²) in [5.74, 6) is 1.32. The lowest BCUT2D eigenvalue weighted by atomic mass is 10.1. The first-order valence-corrected chi connectivity index (χ1v) is 9.73. The number of ether oxygens (including phenoxy) is 2. The number of anilines is 1. The van der Waals surface area contributed by atoms with Crippen LogP contribution >= 0.6 is 0 Å². The molecular formula is C17H18N2O6S. The van der Waals surface area contributed by atoms with Crippen molar-refractivity contribution in [3.8, 4) is 11.5 Å². The van der Waals surface area contributed by atoms with Gasteiger partial charge in [0.15, 0.2) is 21.3 Å². The van der Waals surface area contributed by atoms with Crippen LogP contribution in [0.15, 0.2) is 41.3 Å². The topological polar surface area (TPSA) is 99.0 Å². The summed E-state index contributed by atoms with van der Waals surface area (Å²) in [5, 5.41) is 11.4. The van der Waals surface area contributed by atoms with E-state index in [9.17, 15) is 18.5 Å². The Labute approximate surface area is 151 Å². The molecule has 0 atom stereocenters. The molecular weight excluding hydrogens is 360 g/mol. The fourth-order valence-corrected chi connectivity index (χ4v) is 3.39. The van der Waals surface area contributed by atoms with Crippen LogP contribution in [0, 0.1) is 10.1 Å². The van der Waals surface area contributed by atoms with Crippen LogP contribution in [0.5, 0.6) is 11.5 Å². The van der Waals surface area contributed by atoms with Gasteiger partial charge in [0, 0.05) is 25.9 Å². The Morgan fingerprint density at radius 2 is 1.81 bits per heavy atom. The average Bonchev–Trinajstić information content (AvgIpc) is 2.60. The SMILES string of the molecule is CN(Cc1ccc2c(c1)OCCO2)c1ccc(S(C)(=O)=O)cc1[N+](=O)[O-]. The number of sulfone groups is 1. The summed E-state index contributed by atoms with van der Waals surface area (Å²) < 4.78 is 34.3. The molecule has 1 heterocycles. The molecule has 0 saturated carbocycles. The summed E-state index contributed by atoms with van der Waals surface area (Å²) in [6, 6.07) is 9.41. The second-order valence-corrected chi connectivity index (χ2v) is 8.03. The molecule has 8 nitrogen and oxygen atoms in total. The highest BCUT2D eigenvalue weighted by Crippen LogP contribution is 2.34. The first-order valence-electron chi connectivity index (χ1n) is 7.84. The van der Waals surface area contributed by atoms with Crippen LogP contribution in [-0.2, 0) is 16.4 Å². The molecule has 0 unspecified atom stereocenters. The molecule has 1 aliphatic rings. The standard InChI is InChI=1S/C17H18N2O6S/c1-18(11-12-3-6-16-17(9-12)25-8-7-24-16)14-5-4-13(26(2,22)23)10-15(14)19(20)21/h3-6,9-10H,7-8,11H2,1-2H3. The highest BCUT2D eigenvalue weighted by Gasteiger charge is 2.21. The number of nitrogens with zero attached hydrogens (tertiary/aromatic N) is 2. The molecule has 0 fully saturated rings. The summed E-state index contributed by atoms with van der Waals surface area (Å²) in [6.45, 7) is 1.37. The van der Waals surface area contributed by atoms with Gasteiger partial charge in [-0.25, -0.2) is 8.42 Å². The number of nitro benzene ring substituents is 1. The largest absolute Gasteiger partial charge is 0.486 e. The molecule has 0 bridgehead atoms. The van der Waals surface area contributed by atoms with E-state index in [1.165, 1.54) is 12.1 Å². The minimum absolute atomic E-state index is 0.0827. The van der Waals surface area contributed by atoms with Gasteiger partial charge in [-0.05, 0) is 29.8 Å². The number of rotatable bonds is 5. The predicted octanol–water partition coefficient (Wildman–Crippen LogP) is 2.41. The van der Waals surface area contributed by atoms with Crippen LogP contribution in [0.4, 0.5) is 11.4 Å². The Morgan fingerprint density at radius 1 is 1.12 bits per heavy atom. The van der Waals surface area contributed by atoms with E-state index in [1.807, 2.05) is 12.1 Å². The Hall–Kier alpha value is -2.81. The number of hydrogen-bond acceptors (Lipinski definition) is 7. The third-order valence-electron chi connectivity index (χ3n) is 4.01. The van der Waals surface area contributed by atoms with Crippen LogP contribution in [0.1, 0.15) is 5.56 Å². The van der Waals surface area contributed by atoms with Gasteiger partial charge >= 0.3 is 0 Å². The maximum absolute atomic E-state index is 11.7. The van der Waals surface area contributed by atoms with Gasteiger partial charge in [-0.1, -0.05) is 6.07 Å². The van der Waals surface area contributed by atoms with E-state index in [2.05, 4.69) is 0 Å². The van der Waals surface area contributed by atoms with E-state index < -0.39 is 14.8 Å². The third kappa shape index (κ3) is 3.72. The molecule has 26 heavy (non-hydrogen) atoms. The van der Waals surface area contributed by atoms with Crippen molar-refractivity contribution < 1.29 is 22.8 Å². The van der Waals surface area contributed by atoms with Gasteiger partial charge in [-0.2, -0.15) is 0 Å². The number of benzene rings is 2. The van der Waals surface area contributed by atoms with Crippen molar-refractivity contribution in [2.24, 2.45) is 0 Å². The van der Waals surface area contributed by atoms with Crippen molar-refractivity contribution in [3.63, 3.8) is 0 Å². The minimum atomic E-state index is -3.52. The first-order chi connectivity index (χ1) is 12.3. The van der Waals surface area contributed by atoms with Gasteiger partial charge in [0.25, 0.3) is 5.69 Å². The molecule has 138 valence electrons. The van der Waals surface area contributed by atoms with Crippen molar-refractivity contribution in [1.82, 2.24) is 0 Å². The highest BCUT2D eigenvalue weighted by molar-refractivity contribution is 7.90. The van der Waals surface area contributed by atoms with E-state index in [1.54, 1.807) is 18.0 Å². The molecule has 0 saturated heterocycles. The quantitative estimate of drug-likeness (QED) is 0.582. The Bertz CT molecular complexity index is 958. The van der Waals surface area contributed by atoms with E-state index in [0.29, 0.717) is 36.9 Å². The van der Waals surface area contributed by atoms with Crippen molar-refractivity contribution >= 4 is 21.2 Å². The lowest BCUT2D eigenvalue weighted by Gasteiger charge is -2.22. The Kier molecular flexibility index (Phi) is 4.73. The monoisotopic (exact) mass is 378 g/mol. The van der Waals surface area contributed by atoms with Crippen molar-refractivity contribution in [2.75, 3.05) is 31.4 Å². The second-order valence-electron chi connectivity index (χ2n) is 6.01. The number of fused-ring (bicyclic) bond motifs is 1. The summed E-state index contributed by atoms with van der Waals surface area (Å²) >= 11 is 0. The lowest BCUT2D eigenvalue weighted by molar-refractivity contribution is -0.384. The second kappa shape index (κ2) is 6.83. The van der Waals surface area contributed by atoms with E-state index in [-0.39, 0.29) is 10.6 Å². The van der Waals surface area contributed by atoms with E-state index in [0.717, 1.165) is 17.9 Å². The Balaban J connectivity index is 1.90. The number of hydrogen-bond donors (Lipinski definition) is 0. The average molecular weight is 378 g/mol. The maximum Gasteiger partial charge on any atom is 0.293 e. The summed E-state index contributed by atoms with van der Waals surface area (Å²) in [6.07, 6.45) is 1.02. The van der Waals surface area contributed by atoms with Crippen LogP contribution in [0.2, 0.25) is 0 Å². The maximum atomic E-state index is 11.7. The molecule has 2 aromatic rings. The molecule has 0 aromatic heterocycles. The van der Waals surface area contributed by atoms with Crippen LogP contribution < -0.4 is 14.4 Å². The molecule has 9 heteroatoms. The zero-order valence-electron chi connectivity index (χ0n) is 14.3. The minimum Gasteiger partial charge on any atom is -0.486 e. The molecule has 0 amide bonds. The third-order valence-corrected chi connectivity index (χ3v) is 5.12. The van der Waals surface area contributed by atoms with Gasteiger partial charge in [0.1, 0.15) is 18.9 Å². The smallest absolute Gasteiger partial charge is 0.293 e. The molecule has 3 rings (SSSR count). The van der Waals surface area contributed by atoms with Crippen molar-refractivity contribution in [2.45, 2.75) is 11.4 Å². The first kappa shape index (κ1) is 18.0. The lowest BCUT2D eigenvalue weighted by Crippen LogP contribution is -2.19. The van der Waals surface area contributed by atoms with Crippen molar-refractivity contribution in [3.05, 3.63) is 52.1 Å². The fourth-order valence-electron chi connectivity index (χ4n) is 2.75. The van der Waals surface area contributed by atoms with Gasteiger partial charge in [0.05, 0.1) is 9.82 Å². The normalized spacial score (nSPS) is 13.3. The zero-order valence-corrected chi connectivity index (χ0v) is 15.2. The summed E-state index contributed by atoms with van der Waals surface area (Å²) in [4.78, 5) is 12.4. The van der Waals surface area contributed by atoms with Crippen LogP contribution in [0.25, 0.3) is 0 Å². The summed E-state index contributed by atoms with van der Waals surface area (Å²) in [7, 11) is -1.82. The molecule has 2 aromatic carbocycles. The van der Waals surface area contributed by atoms with Crippen LogP contribution in [-0.4, -0.2) is 39.9 Å². The van der Waals surface area contributed by atoms with E-state index in [4.69, 9.17) is 9.47 Å². The van der Waals surface area contributed by atoms with Gasteiger partial charge in [-0.3, -0.25) is 10.1 Å². The Morgan fingerprint density at radius 3 is 2.46 bits per heavy atom. The summed E-state index contributed by atoms with van der Waals surface area (Å²) in [5.41, 5.74) is 0.962. The highest BCUT2D eigenvalue weighted by atomic mass is 32.2. The molecule has 0 radical (unpaired) electrons. The van der Waals surface area contributed by atoms with Crippen LogP contribution in [0.3, 0.4) is 0 Å². The predicted molar refractivity (Wildman–Crippen MR) is 95.7 cm³/mol. The van der Waals surface area contributed by atoms with Gasteiger partial charge in [-0.15, -0.1) is 0 Å². The molecule has 0 aliphatic carbocycles. The van der Waals surface area contributed by atoms with E-state index >= 15 is 0 Å². The molecule has 1 aliphatic heterocycles. The zero-order chi connectivity index (χ0) is 18.9. The van der Waals surface area contributed by atoms with Gasteiger partial charge < -0.3 is 14.4 Å². The fraction of sp³-hybridized carbons (Fsp3) is 0.294. The van der Waals surface area contributed by atoms with Gasteiger partial charge in [0.2, 0.25) is 0 Å². The van der Waals surface area contributed by atoms with Crippen molar-refractivity contribution in [1.29, 1.82) is 0 Å². The molecule has 0 spiro atoms. The number of nitro groups is 1.